The number of Topliss-reactive ketones (excluding diaryl/α,β-unsaturated/α-hetero) is 1. The van der Waals surface area contributed by atoms with Gasteiger partial charge in [0.05, 0.1) is 17.0 Å². The number of rotatable bonds is 2. The van der Waals surface area contributed by atoms with Crippen LogP contribution in [0.2, 0.25) is 5.02 Å². The van der Waals surface area contributed by atoms with Crippen molar-refractivity contribution >= 4 is 45.5 Å². The number of nitrogens with one attached hydrogen (secondary N) is 1. The van der Waals surface area contributed by atoms with Crippen LogP contribution in [0.15, 0.2) is 29.6 Å². The van der Waals surface area contributed by atoms with Crippen LogP contribution in [0.4, 0.5) is 0 Å². The second-order valence-electron chi connectivity index (χ2n) is 6.00. The minimum Gasteiger partial charge on any atom is -0.357 e. The third-order valence-corrected chi connectivity index (χ3v) is 5.68. The standard InChI is InChI=1S/C18H15ClN2O2S/c1-10(22)17-6-11(9-24-17)18(23)21-5-4-13-14-7-12(19)2-3-15(14)20-16(13)8-21/h2-3,6-7,9,20H,4-5,8H2,1H3. The Hall–Kier alpha value is -2.11. The van der Waals surface area contributed by atoms with Crippen molar-refractivity contribution in [3.8, 4) is 0 Å². The summed E-state index contributed by atoms with van der Waals surface area (Å²) in [4.78, 5) is 30.0. The van der Waals surface area contributed by atoms with E-state index in [1.54, 1.807) is 11.4 Å². The number of nitrogens with zero attached hydrogens (tertiary/aromatic N) is 1. The van der Waals surface area contributed by atoms with Gasteiger partial charge in [-0.15, -0.1) is 11.3 Å². The van der Waals surface area contributed by atoms with Crippen LogP contribution in [0.1, 0.15) is 38.2 Å². The predicted octanol–water partition coefficient (Wildman–Crippen LogP) is 4.28. The van der Waals surface area contributed by atoms with Gasteiger partial charge in [-0.1, -0.05) is 11.6 Å². The lowest BCUT2D eigenvalue weighted by Crippen LogP contribution is -2.35. The van der Waals surface area contributed by atoms with Crippen molar-refractivity contribution in [1.82, 2.24) is 9.88 Å². The molecule has 4 rings (SSSR count). The van der Waals surface area contributed by atoms with Crippen LogP contribution in [-0.2, 0) is 13.0 Å². The average Bonchev–Trinajstić information content (AvgIpc) is 3.18. The average molecular weight is 359 g/mol. The lowest BCUT2D eigenvalue weighted by molar-refractivity contribution is 0.0733. The second kappa shape index (κ2) is 5.76. The summed E-state index contributed by atoms with van der Waals surface area (Å²) in [7, 11) is 0. The van der Waals surface area contributed by atoms with Crippen molar-refractivity contribution in [3.05, 3.63) is 56.4 Å². The van der Waals surface area contributed by atoms with Crippen molar-refractivity contribution in [2.75, 3.05) is 6.54 Å². The molecule has 1 aliphatic heterocycles. The van der Waals surface area contributed by atoms with E-state index in [1.807, 2.05) is 23.1 Å². The fraction of sp³-hybridized carbons (Fsp3) is 0.222. The molecule has 1 aliphatic rings. The lowest BCUT2D eigenvalue weighted by Gasteiger charge is -2.26. The zero-order chi connectivity index (χ0) is 16.8. The van der Waals surface area contributed by atoms with Crippen LogP contribution < -0.4 is 0 Å². The maximum Gasteiger partial charge on any atom is 0.255 e. The number of thiophene rings is 1. The molecule has 0 fully saturated rings. The first-order chi connectivity index (χ1) is 11.5. The number of hydrogen-bond acceptors (Lipinski definition) is 3. The van der Waals surface area contributed by atoms with Gasteiger partial charge >= 0.3 is 0 Å². The Balaban J connectivity index is 1.62. The summed E-state index contributed by atoms with van der Waals surface area (Å²) in [6.45, 7) is 2.73. The molecule has 0 atom stereocenters. The normalized spacial score (nSPS) is 14.0. The molecule has 122 valence electrons. The summed E-state index contributed by atoms with van der Waals surface area (Å²) in [6, 6.07) is 7.50. The largest absolute Gasteiger partial charge is 0.357 e. The first-order valence-electron chi connectivity index (χ1n) is 7.70. The summed E-state index contributed by atoms with van der Waals surface area (Å²) < 4.78 is 0. The van der Waals surface area contributed by atoms with Crippen LogP contribution in [-0.4, -0.2) is 28.1 Å². The molecule has 0 unspecified atom stereocenters. The van der Waals surface area contributed by atoms with Gasteiger partial charge in [-0.3, -0.25) is 9.59 Å². The van der Waals surface area contributed by atoms with Crippen LogP contribution in [0.3, 0.4) is 0 Å². The molecule has 0 radical (unpaired) electrons. The van der Waals surface area contributed by atoms with E-state index in [0.29, 0.717) is 23.5 Å². The van der Waals surface area contributed by atoms with E-state index in [9.17, 15) is 9.59 Å². The first-order valence-corrected chi connectivity index (χ1v) is 8.96. The van der Waals surface area contributed by atoms with Gasteiger partial charge in [0.15, 0.2) is 5.78 Å². The number of H-pyrrole nitrogens is 1. The molecular formula is C18H15ClN2O2S. The molecule has 3 heterocycles. The SMILES string of the molecule is CC(=O)c1cc(C(=O)N2CCc3c([nH]c4ccc(Cl)cc34)C2)cs1. The van der Waals surface area contributed by atoms with E-state index in [4.69, 9.17) is 11.6 Å². The Morgan fingerprint density at radius 2 is 2.12 bits per heavy atom. The Morgan fingerprint density at radius 1 is 1.29 bits per heavy atom. The molecule has 2 aromatic heterocycles. The highest BCUT2D eigenvalue weighted by atomic mass is 35.5. The van der Waals surface area contributed by atoms with E-state index >= 15 is 0 Å². The molecule has 0 aliphatic carbocycles. The van der Waals surface area contributed by atoms with Crippen LogP contribution in [0.25, 0.3) is 10.9 Å². The van der Waals surface area contributed by atoms with E-state index in [-0.39, 0.29) is 11.7 Å². The second-order valence-corrected chi connectivity index (χ2v) is 7.35. The fourth-order valence-electron chi connectivity index (χ4n) is 3.20. The Bertz CT molecular complexity index is 973. The van der Waals surface area contributed by atoms with Crippen LogP contribution in [0, 0.1) is 0 Å². The van der Waals surface area contributed by atoms with Crippen molar-refractivity contribution in [2.45, 2.75) is 19.9 Å². The molecule has 0 saturated carbocycles. The molecule has 3 aromatic rings. The number of ketones is 1. The van der Waals surface area contributed by atoms with Gasteiger partial charge in [0.1, 0.15) is 0 Å². The van der Waals surface area contributed by atoms with Gasteiger partial charge in [0, 0.05) is 33.5 Å². The molecule has 0 bridgehead atoms. The summed E-state index contributed by atoms with van der Waals surface area (Å²) in [5.74, 6) is -0.0337. The number of amides is 1. The molecule has 1 amide bonds. The summed E-state index contributed by atoms with van der Waals surface area (Å²) in [5, 5.41) is 3.62. The third kappa shape index (κ3) is 2.54. The zero-order valence-electron chi connectivity index (χ0n) is 13.1. The van der Waals surface area contributed by atoms with Gasteiger partial charge in [-0.25, -0.2) is 0 Å². The molecule has 1 N–H and O–H groups in total. The van der Waals surface area contributed by atoms with Crippen molar-refractivity contribution in [2.24, 2.45) is 0 Å². The highest BCUT2D eigenvalue weighted by Gasteiger charge is 2.25. The Morgan fingerprint density at radius 3 is 2.88 bits per heavy atom. The van der Waals surface area contributed by atoms with E-state index in [0.717, 1.165) is 28.0 Å². The number of carbonyl (C=O) groups excluding carboxylic acids is 2. The van der Waals surface area contributed by atoms with Crippen LogP contribution >= 0.6 is 22.9 Å². The summed E-state index contributed by atoms with van der Waals surface area (Å²) >= 11 is 7.42. The van der Waals surface area contributed by atoms with Crippen molar-refractivity contribution < 1.29 is 9.59 Å². The topological polar surface area (TPSA) is 53.2 Å². The quantitative estimate of drug-likeness (QED) is 0.695. The number of fused-ring (bicyclic) bond motifs is 3. The molecule has 0 saturated heterocycles. The minimum absolute atomic E-state index is 0.00697. The van der Waals surface area contributed by atoms with Gasteiger partial charge in [0.25, 0.3) is 5.91 Å². The summed E-state index contributed by atoms with van der Waals surface area (Å²) in [6.07, 6.45) is 0.797. The number of benzene rings is 1. The molecule has 24 heavy (non-hydrogen) atoms. The molecule has 6 heteroatoms. The molecule has 4 nitrogen and oxygen atoms in total. The van der Waals surface area contributed by atoms with Gasteiger partial charge in [-0.05, 0) is 43.2 Å². The number of hydrogen-bond donors (Lipinski definition) is 1. The number of halogens is 1. The van der Waals surface area contributed by atoms with Gasteiger partial charge < -0.3 is 9.88 Å². The predicted molar refractivity (Wildman–Crippen MR) is 96.1 cm³/mol. The smallest absolute Gasteiger partial charge is 0.255 e. The fourth-order valence-corrected chi connectivity index (χ4v) is 4.16. The minimum atomic E-state index is -0.0268. The van der Waals surface area contributed by atoms with E-state index < -0.39 is 0 Å². The number of carbonyl (C=O) groups is 2. The van der Waals surface area contributed by atoms with Crippen molar-refractivity contribution in [1.29, 1.82) is 0 Å². The van der Waals surface area contributed by atoms with E-state index in [2.05, 4.69) is 4.98 Å². The molecular weight excluding hydrogens is 344 g/mol. The maximum atomic E-state index is 12.7. The lowest BCUT2D eigenvalue weighted by atomic mass is 10.0. The number of aromatic amines is 1. The van der Waals surface area contributed by atoms with Crippen LogP contribution in [0.5, 0.6) is 0 Å². The van der Waals surface area contributed by atoms with Gasteiger partial charge in [-0.2, -0.15) is 0 Å². The highest BCUT2D eigenvalue weighted by molar-refractivity contribution is 7.12. The Kier molecular flexibility index (Phi) is 3.70. The first kappa shape index (κ1) is 15.4. The Labute approximate surface area is 148 Å². The molecule has 0 spiro atoms. The zero-order valence-corrected chi connectivity index (χ0v) is 14.6. The molecule has 1 aromatic carbocycles. The maximum absolute atomic E-state index is 12.7. The van der Waals surface area contributed by atoms with Crippen molar-refractivity contribution in [3.63, 3.8) is 0 Å². The number of aromatic nitrogens is 1. The summed E-state index contributed by atoms with van der Waals surface area (Å²) in [5.41, 5.74) is 3.95. The van der Waals surface area contributed by atoms with E-state index in [1.165, 1.54) is 23.8 Å². The highest BCUT2D eigenvalue weighted by Crippen LogP contribution is 2.30. The third-order valence-electron chi connectivity index (χ3n) is 4.42. The van der Waals surface area contributed by atoms with Gasteiger partial charge in [0.2, 0.25) is 0 Å². The monoisotopic (exact) mass is 358 g/mol.